The van der Waals surface area contributed by atoms with Gasteiger partial charge in [0.1, 0.15) is 0 Å². The third-order valence-corrected chi connectivity index (χ3v) is 6.43. The molecule has 6 rings (SSSR count). The highest BCUT2D eigenvalue weighted by Crippen LogP contribution is 2.20. The predicted octanol–water partition coefficient (Wildman–Crippen LogP) is 6.05. The fourth-order valence-electron chi connectivity index (χ4n) is 4.36. The molecule has 0 amide bonds. The minimum absolute atomic E-state index is 0.647. The average molecular weight is 515 g/mol. The minimum Gasteiger partial charge on any atom is -0.236 e. The van der Waals surface area contributed by atoms with Crippen LogP contribution in [0, 0.1) is 0 Å². The molecule has 0 radical (unpaired) electrons. The lowest BCUT2D eigenvalue weighted by Gasteiger charge is -2.02. The molecule has 0 aliphatic carbocycles. The standard InChI is InChI=1S/C36H26N4/c1-5-13-27(14-6-1)25-37-35(31-17-9-3-10-18-31)38-26-28-21-23-30(24-22-28)34-33(29-15-7-2-8-16-29)39-36(40-34)32-19-11-4-12-20-32/h1-26H. The summed E-state index contributed by atoms with van der Waals surface area (Å²) < 4.78 is 0. The molecule has 1 aliphatic heterocycles. The second-order valence-corrected chi connectivity index (χ2v) is 9.22. The largest absolute Gasteiger partial charge is 0.236 e. The van der Waals surface area contributed by atoms with Crippen LogP contribution in [0.2, 0.25) is 0 Å². The zero-order chi connectivity index (χ0) is 27.0. The molecule has 4 heteroatoms. The normalized spacial score (nSPS) is 13.3. The van der Waals surface area contributed by atoms with Crippen LogP contribution in [0.4, 0.5) is 0 Å². The summed E-state index contributed by atoms with van der Waals surface area (Å²) >= 11 is 0. The zero-order valence-corrected chi connectivity index (χ0v) is 21.8. The van der Waals surface area contributed by atoms with E-state index in [1.54, 1.807) is 0 Å². The lowest BCUT2D eigenvalue weighted by molar-refractivity contribution is 1.46. The van der Waals surface area contributed by atoms with E-state index in [-0.39, 0.29) is 0 Å². The summed E-state index contributed by atoms with van der Waals surface area (Å²) in [5.41, 5.74) is 5.74. The quantitative estimate of drug-likeness (QED) is 0.203. The maximum absolute atomic E-state index is 4.96. The maximum Gasteiger partial charge on any atom is 0.160 e. The Labute approximate surface area is 233 Å². The molecule has 0 bridgehead atoms. The molecule has 0 aromatic heterocycles. The Morgan fingerprint density at radius 3 is 1.77 bits per heavy atom. The Kier molecular flexibility index (Phi) is 7.40. The van der Waals surface area contributed by atoms with E-state index in [1.807, 2.05) is 134 Å². The van der Waals surface area contributed by atoms with Crippen molar-refractivity contribution in [1.29, 1.82) is 0 Å². The highest BCUT2D eigenvalue weighted by atomic mass is 15.0. The Morgan fingerprint density at radius 2 is 1.12 bits per heavy atom. The van der Waals surface area contributed by atoms with Gasteiger partial charge in [-0.25, -0.2) is 20.0 Å². The molecule has 1 aliphatic rings. The summed E-state index contributed by atoms with van der Waals surface area (Å²) in [6.45, 7) is 0. The number of hydrogen-bond acceptors (Lipinski definition) is 3. The molecule has 0 unspecified atom stereocenters. The van der Waals surface area contributed by atoms with E-state index < -0.39 is 0 Å². The first-order valence-electron chi connectivity index (χ1n) is 13.1. The van der Waals surface area contributed by atoms with E-state index in [4.69, 9.17) is 20.0 Å². The van der Waals surface area contributed by atoms with E-state index in [0.717, 1.165) is 49.9 Å². The minimum atomic E-state index is 0.647. The van der Waals surface area contributed by atoms with E-state index >= 15 is 0 Å². The molecule has 0 fully saturated rings. The monoisotopic (exact) mass is 514 g/mol. The molecule has 5 aromatic rings. The molecule has 0 N–H and O–H groups in total. The van der Waals surface area contributed by atoms with Crippen LogP contribution in [-0.2, 0) is 0 Å². The summed E-state index contributed by atoms with van der Waals surface area (Å²) in [7, 11) is 0. The van der Waals surface area contributed by atoms with E-state index in [1.165, 1.54) is 0 Å². The van der Waals surface area contributed by atoms with Crippen LogP contribution in [-0.4, -0.2) is 23.6 Å². The smallest absolute Gasteiger partial charge is 0.160 e. The van der Waals surface area contributed by atoms with Gasteiger partial charge in [0.05, 0.1) is 11.4 Å². The number of rotatable bonds is 5. The lowest BCUT2D eigenvalue weighted by atomic mass is 10.1. The van der Waals surface area contributed by atoms with Crippen LogP contribution in [0.1, 0.15) is 22.3 Å². The van der Waals surface area contributed by atoms with Crippen molar-refractivity contribution in [2.75, 3.05) is 0 Å². The number of amidine groups is 2. The molecule has 40 heavy (non-hydrogen) atoms. The second-order valence-electron chi connectivity index (χ2n) is 9.22. The molecule has 190 valence electrons. The number of benzene rings is 5. The summed E-state index contributed by atoms with van der Waals surface area (Å²) in [4.78, 5) is 19.3. The van der Waals surface area contributed by atoms with E-state index in [9.17, 15) is 0 Å². The Morgan fingerprint density at radius 1 is 0.550 bits per heavy atom. The van der Waals surface area contributed by atoms with Crippen LogP contribution >= 0.6 is 0 Å². The number of hydrogen-bond donors (Lipinski definition) is 0. The first kappa shape index (κ1) is 24.8. The average Bonchev–Trinajstić information content (AvgIpc) is 3.49. The Balaban J connectivity index is 1.38. The maximum atomic E-state index is 4.96. The summed E-state index contributed by atoms with van der Waals surface area (Å²) in [6, 6.07) is 48.6. The van der Waals surface area contributed by atoms with Gasteiger partial charge in [0.2, 0.25) is 0 Å². The van der Waals surface area contributed by atoms with Crippen LogP contribution < -0.4 is 10.4 Å². The van der Waals surface area contributed by atoms with Crippen LogP contribution in [0.5, 0.6) is 0 Å². The molecule has 0 atom stereocenters. The molecule has 1 heterocycles. The van der Waals surface area contributed by atoms with Crippen molar-refractivity contribution in [2.24, 2.45) is 20.0 Å². The fraction of sp³-hybridized carbons (Fsp3) is 0. The van der Waals surface area contributed by atoms with Gasteiger partial charge >= 0.3 is 0 Å². The van der Waals surface area contributed by atoms with Gasteiger partial charge in [-0.15, -0.1) is 0 Å². The topological polar surface area (TPSA) is 49.4 Å². The van der Waals surface area contributed by atoms with Crippen molar-refractivity contribution >= 4 is 35.5 Å². The van der Waals surface area contributed by atoms with Gasteiger partial charge in [0.25, 0.3) is 0 Å². The van der Waals surface area contributed by atoms with Gasteiger partial charge in [-0.3, -0.25) is 0 Å². The first-order chi connectivity index (χ1) is 19.8. The summed E-state index contributed by atoms with van der Waals surface area (Å²) in [6.07, 6.45) is 3.69. The van der Waals surface area contributed by atoms with Gasteiger partial charge in [-0.05, 0) is 10.8 Å². The van der Waals surface area contributed by atoms with E-state index in [0.29, 0.717) is 5.84 Å². The zero-order valence-electron chi connectivity index (χ0n) is 21.8. The molecular formula is C36H26N4. The summed E-state index contributed by atoms with van der Waals surface area (Å²) in [5, 5.41) is 1.97. The van der Waals surface area contributed by atoms with Gasteiger partial charge in [-0.1, -0.05) is 146 Å². The van der Waals surface area contributed by atoms with Crippen molar-refractivity contribution in [2.45, 2.75) is 0 Å². The molecule has 0 spiro atoms. The van der Waals surface area contributed by atoms with Crippen molar-refractivity contribution < 1.29 is 0 Å². The second kappa shape index (κ2) is 11.9. The van der Waals surface area contributed by atoms with Gasteiger partial charge < -0.3 is 0 Å². The molecular weight excluding hydrogens is 488 g/mol. The Bertz CT molecular complexity index is 1830. The molecule has 4 nitrogen and oxygen atoms in total. The van der Waals surface area contributed by atoms with E-state index in [2.05, 4.69) is 24.3 Å². The van der Waals surface area contributed by atoms with Crippen molar-refractivity contribution in [3.8, 4) is 0 Å². The van der Waals surface area contributed by atoms with Crippen molar-refractivity contribution in [1.82, 2.24) is 0 Å². The van der Waals surface area contributed by atoms with Crippen LogP contribution in [0.25, 0.3) is 11.9 Å². The SMILES string of the molecule is C(=NC(=NC=c1ccc(=C2N=C(c3ccccc3)N=C2c2ccccc2)cc1)c1ccccc1)c1ccccc1. The van der Waals surface area contributed by atoms with Crippen molar-refractivity contribution in [3.05, 3.63) is 178 Å². The number of nitrogens with zero attached hydrogens (tertiary/aromatic N) is 4. The van der Waals surface area contributed by atoms with Gasteiger partial charge in [-0.2, -0.15) is 0 Å². The highest BCUT2D eigenvalue weighted by Gasteiger charge is 2.19. The highest BCUT2D eigenvalue weighted by molar-refractivity contribution is 6.35. The summed E-state index contributed by atoms with van der Waals surface area (Å²) in [5.74, 6) is 1.37. The van der Waals surface area contributed by atoms with Crippen LogP contribution in [0.3, 0.4) is 0 Å². The predicted molar refractivity (Wildman–Crippen MR) is 167 cm³/mol. The van der Waals surface area contributed by atoms with Gasteiger partial charge in [0.15, 0.2) is 11.7 Å². The van der Waals surface area contributed by atoms with Gasteiger partial charge in [0, 0.05) is 34.3 Å². The molecule has 0 saturated carbocycles. The molecule has 0 saturated heterocycles. The first-order valence-corrected chi connectivity index (χ1v) is 13.1. The fourth-order valence-corrected chi connectivity index (χ4v) is 4.36. The molecule has 5 aromatic carbocycles. The lowest BCUT2D eigenvalue weighted by Crippen LogP contribution is -2.14. The van der Waals surface area contributed by atoms with Crippen LogP contribution in [0.15, 0.2) is 166 Å². The number of aliphatic imine (C=N–C) groups is 4. The third-order valence-electron chi connectivity index (χ3n) is 6.43. The third kappa shape index (κ3) is 5.82. The Hall–Kier alpha value is -5.48. The van der Waals surface area contributed by atoms with Crippen molar-refractivity contribution in [3.63, 3.8) is 0 Å².